The first-order valence-corrected chi connectivity index (χ1v) is 7.23. The number of rotatable bonds is 3. The molecule has 21 heavy (non-hydrogen) atoms. The molecule has 0 aliphatic carbocycles. The summed E-state index contributed by atoms with van der Waals surface area (Å²) in [6.45, 7) is 1.55. The fourth-order valence-corrected chi connectivity index (χ4v) is 3.15. The van der Waals surface area contributed by atoms with Crippen molar-refractivity contribution in [2.75, 3.05) is 13.6 Å². The zero-order valence-corrected chi connectivity index (χ0v) is 12.0. The van der Waals surface area contributed by atoms with Crippen LogP contribution in [-0.2, 0) is 6.54 Å². The molecule has 1 aliphatic rings. The minimum absolute atomic E-state index is 0.171. The Bertz CT molecular complexity index is 731. The van der Waals surface area contributed by atoms with Gasteiger partial charge >= 0.3 is 11.7 Å². The summed E-state index contributed by atoms with van der Waals surface area (Å²) in [6.07, 6.45) is 3.36. The van der Waals surface area contributed by atoms with E-state index in [1.165, 1.54) is 6.42 Å². The van der Waals surface area contributed by atoms with Gasteiger partial charge in [0, 0.05) is 12.6 Å². The van der Waals surface area contributed by atoms with Gasteiger partial charge < -0.3 is 15.0 Å². The second kappa shape index (κ2) is 5.37. The molecule has 112 valence electrons. The Morgan fingerprint density at radius 3 is 2.95 bits per heavy atom. The molecule has 2 aromatic rings. The molecule has 1 aliphatic heterocycles. The van der Waals surface area contributed by atoms with Crippen LogP contribution in [0.15, 0.2) is 23.0 Å². The van der Waals surface area contributed by atoms with Gasteiger partial charge in [-0.2, -0.15) is 0 Å². The highest BCUT2D eigenvalue weighted by Crippen LogP contribution is 2.20. The Kier molecular flexibility index (Phi) is 3.55. The Balaban J connectivity index is 2.07. The van der Waals surface area contributed by atoms with Crippen LogP contribution in [0.2, 0.25) is 0 Å². The fourth-order valence-electron chi connectivity index (χ4n) is 3.15. The highest BCUT2D eigenvalue weighted by atomic mass is 16.4. The fraction of sp³-hybridized carbons (Fsp3) is 0.467. The van der Waals surface area contributed by atoms with Gasteiger partial charge in [-0.15, -0.1) is 0 Å². The Hall–Kier alpha value is -2.08. The number of aromatic nitrogens is 2. The van der Waals surface area contributed by atoms with E-state index < -0.39 is 5.97 Å². The van der Waals surface area contributed by atoms with Crippen LogP contribution in [0.4, 0.5) is 0 Å². The second-order valence-corrected chi connectivity index (χ2v) is 5.68. The summed E-state index contributed by atoms with van der Waals surface area (Å²) in [4.78, 5) is 28.6. The van der Waals surface area contributed by atoms with E-state index in [1.807, 2.05) is 0 Å². The van der Waals surface area contributed by atoms with E-state index in [0.29, 0.717) is 17.6 Å². The third-order valence-corrected chi connectivity index (χ3v) is 4.34. The largest absolute Gasteiger partial charge is 0.478 e. The second-order valence-electron chi connectivity index (χ2n) is 5.68. The molecule has 1 saturated heterocycles. The summed E-state index contributed by atoms with van der Waals surface area (Å²) in [6, 6.07) is 5.21. The van der Waals surface area contributed by atoms with Crippen molar-refractivity contribution in [2.24, 2.45) is 0 Å². The number of carbonyl (C=O) groups is 1. The summed E-state index contributed by atoms with van der Waals surface area (Å²) >= 11 is 0. The molecule has 1 fully saturated rings. The van der Waals surface area contributed by atoms with E-state index in [0.717, 1.165) is 19.4 Å². The molecule has 1 atom stereocenters. The predicted molar refractivity (Wildman–Crippen MR) is 79.8 cm³/mol. The van der Waals surface area contributed by atoms with Crippen LogP contribution < -0.4 is 5.69 Å². The monoisotopic (exact) mass is 289 g/mol. The number of likely N-dealkylation sites (N-methyl/N-ethyl adjacent to an activating group) is 1. The van der Waals surface area contributed by atoms with Gasteiger partial charge in [-0.1, -0.05) is 12.5 Å². The molecule has 2 heterocycles. The molecule has 0 spiro atoms. The average molecular weight is 289 g/mol. The predicted octanol–water partition coefficient (Wildman–Crippen LogP) is 1.51. The van der Waals surface area contributed by atoms with Crippen molar-refractivity contribution in [1.82, 2.24) is 14.5 Å². The van der Waals surface area contributed by atoms with Crippen LogP contribution in [0.3, 0.4) is 0 Å². The van der Waals surface area contributed by atoms with Gasteiger partial charge in [0.2, 0.25) is 0 Å². The van der Waals surface area contributed by atoms with Gasteiger partial charge in [0.1, 0.15) is 0 Å². The minimum atomic E-state index is -1.01. The molecule has 1 aromatic heterocycles. The number of aromatic amines is 1. The summed E-state index contributed by atoms with van der Waals surface area (Å²) < 4.78 is 1.57. The van der Waals surface area contributed by atoms with Crippen molar-refractivity contribution in [2.45, 2.75) is 31.8 Å². The lowest BCUT2D eigenvalue weighted by Crippen LogP contribution is -2.40. The third kappa shape index (κ3) is 2.47. The van der Waals surface area contributed by atoms with Crippen LogP contribution >= 0.6 is 0 Å². The maximum absolute atomic E-state index is 12.2. The number of piperidine rings is 1. The molecular weight excluding hydrogens is 270 g/mol. The van der Waals surface area contributed by atoms with E-state index >= 15 is 0 Å². The molecule has 0 amide bonds. The van der Waals surface area contributed by atoms with Gasteiger partial charge in [0.15, 0.2) is 0 Å². The van der Waals surface area contributed by atoms with Crippen LogP contribution in [0, 0.1) is 0 Å². The standard InChI is InChI=1S/C15H19N3O3/c1-17-8-3-2-5-10(17)9-18-13-11(14(19)20)6-4-7-12(13)16-15(18)21/h4,6-7,10H,2-3,5,8-9H2,1H3,(H,16,21)(H,19,20). The molecule has 6 nitrogen and oxygen atoms in total. The summed E-state index contributed by atoms with van der Waals surface area (Å²) in [7, 11) is 2.06. The first kappa shape index (κ1) is 13.9. The van der Waals surface area contributed by atoms with Gasteiger partial charge in [0.05, 0.1) is 16.6 Å². The number of fused-ring (bicyclic) bond motifs is 1. The Labute approximate surface area is 122 Å². The van der Waals surface area contributed by atoms with Gasteiger partial charge in [-0.25, -0.2) is 9.59 Å². The quantitative estimate of drug-likeness (QED) is 0.898. The Morgan fingerprint density at radius 2 is 2.24 bits per heavy atom. The van der Waals surface area contributed by atoms with Crippen LogP contribution in [0.5, 0.6) is 0 Å². The number of aromatic carboxylic acids is 1. The molecule has 2 N–H and O–H groups in total. The molecular formula is C15H19N3O3. The average Bonchev–Trinajstić information content (AvgIpc) is 2.77. The molecule has 0 bridgehead atoms. The van der Waals surface area contributed by atoms with E-state index in [9.17, 15) is 14.7 Å². The number of hydrogen-bond acceptors (Lipinski definition) is 3. The number of nitrogens with one attached hydrogen (secondary N) is 1. The minimum Gasteiger partial charge on any atom is -0.478 e. The van der Waals surface area contributed by atoms with Crippen molar-refractivity contribution in [1.29, 1.82) is 0 Å². The smallest absolute Gasteiger partial charge is 0.337 e. The number of benzene rings is 1. The number of hydrogen-bond donors (Lipinski definition) is 2. The zero-order chi connectivity index (χ0) is 15.0. The van der Waals surface area contributed by atoms with Crippen molar-refractivity contribution < 1.29 is 9.90 Å². The number of para-hydroxylation sites is 1. The van der Waals surface area contributed by atoms with E-state index in [-0.39, 0.29) is 17.3 Å². The number of likely N-dealkylation sites (tertiary alicyclic amines) is 1. The SMILES string of the molecule is CN1CCCCC1Cn1c(=O)[nH]c2cccc(C(=O)O)c21. The van der Waals surface area contributed by atoms with E-state index in [2.05, 4.69) is 16.9 Å². The maximum Gasteiger partial charge on any atom is 0.337 e. The van der Waals surface area contributed by atoms with Gasteiger partial charge in [-0.05, 0) is 38.6 Å². The molecule has 6 heteroatoms. The van der Waals surface area contributed by atoms with Crippen molar-refractivity contribution in [3.8, 4) is 0 Å². The number of nitrogens with zero attached hydrogens (tertiary/aromatic N) is 2. The third-order valence-electron chi connectivity index (χ3n) is 4.34. The van der Waals surface area contributed by atoms with Gasteiger partial charge in [0.25, 0.3) is 0 Å². The van der Waals surface area contributed by atoms with Crippen molar-refractivity contribution in [3.05, 3.63) is 34.2 Å². The van der Waals surface area contributed by atoms with Gasteiger partial charge in [-0.3, -0.25) is 4.57 Å². The number of carboxylic acid groups (broad SMARTS) is 1. The van der Waals surface area contributed by atoms with Crippen LogP contribution in [0.25, 0.3) is 11.0 Å². The normalized spacial score (nSPS) is 20.0. The van der Waals surface area contributed by atoms with Crippen LogP contribution in [0.1, 0.15) is 29.6 Å². The van der Waals surface area contributed by atoms with E-state index in [1.54, 1.807) is 22.8 Å². The first-order valence-electron chi connectivity index (χ1n) is 7.23. The molecule has 0 saturated carbocycles. The number of carboxylic acids is 1. The highest BCUT2D eigenvalue weighted by Gasteiger charge is 2.22. The summed E-state index contributed by atoms with van der Waals surface area (Å²) in [5.41, 5.74) is 1.01. The summed E-state index contributed by atoms with van der Waals surface area (Å²) in [5.74, 6) is -1.01. The van der Waals surface area contributed by atoms with Crippen LogP contribution in [-0.4, -0.2) is 45.2 Å². The summed E-state index contributed by atoms with van der Waals surface area (Å²) in [5, 5.41) is 9.33. The van der Waals surface area contributed by atoms with Crippen molar-refractivity contribution in [3.63, 3.8) is 0 Å². The molecule has 1 aromatic carbocycles. The molecule has 0 radical (unpaired) electrons. The first-order chi connectivity index (χ1) is 10.1. The molecule has 1 unspecified atom stereocenters. The lowest BCUT2D eigenvalue weighted by atomic mass is 10.0. The zero-order valence-electron chi connectivity index (χ0n) is 12.0. The number of H-pyrrole nitrogens is 1. The number of imidazole rings is 1. The lowest BCUT2D eigenvalue weighted by molar-refractivity contribution is 0.0698. The topological polar surface area (TPSA) is 78.3 Å². The maximum atomic E-state index is 12.2. The molecule has 3 rings (SSSR count). The lowest BCUT2D eigenvalue weighted by Gasteiger charge is -2.32. The van der Waals surface area contributed by atoms with Crippen molar-refractivity contribution >= 4 is 17.0 Å². The Morgan fingerprint density at radius 1 is 1.43 bits per heavy atom. The van der Waals surface area contributed by atoms with E-state index in [4.69, 9.17) is 0 Å². The highest BCUT2D eigenvalue weighted by molar-refractivity contribution is 6.01.